The third-order valence-electron chi connectivity index (χ3n) is 4.15. The van der Waals surface area contributed by atoms with Crippen LogP contribution in [0.5, 0.6) is 0 Å². The number of hydrogen-bond acceptors (Lipinski definition) is 7. The van der Waals surface area contributed by atoms with Crippen LogP contribution in [0.25, 0.3) is 6.08 Å². The molecule has 0 saturated heterocycles. The van der Waals surface area contributed by atoms with Crippen LogP contribution in [0.3, 0.4) is 0 Å². The summed E-state index contributed by atoms with van der Waals surface area (Å²) in [5, 5.41) is 30.3. The number of unbranched alkanes of at least 4 members (excludes halogenated alkanes) is 2. The van der Waals surface area contributed by atoms with E-state index in [2.05, 4.69) is 21.6 Å². The normalized spacial score (nSPS) is 15.0. The van der Waals surface area contributed by atoms with Gasteiger partial charge in [-0.1, -0.05) is 38.3 Å². The van der Waals surface area contributed by atoms with E-state index in [1.54, 1.807) is 12.3 Å². The fourth-order valence-electron chi connectivity index (χ4n) is 2.54. The first-order valence-corrected chi connectivity index (χ1v) is 9.08. The van der Waals surface area contributed by atoms with Gasteiger partial charge in [-0.25, -0.2) is 9.97 Å². The molecule has 0 radical (unpaired) electrons. The molecule has 0 fully saturated rings. The molecule has 3 atom stereocenters. The van der Waals surface area contributed by atoms with E-state index in [1.807, 2.05) is 0 Å². The van der Waals surface area contributed by atoms with E-state index in [1.165, 1.54) is 19.5 Å². The molecular formula is C19H30N2O5. The van der Waals surface area contributed by atoms with Gasteiger partial charge in [0.2, 0.25) is 0 Å². The Labute approximate surface area is 154 Å². The molecule has 3 N–H and O–H groups in total. The molecule has 1 heterocycles. The molecule has 26 heavy (non-hydrogen) atoms. The lowest BCUT2D eigenvalue weighted by Crippen LogP contribution is -2.23. The molecule has 0 spiro atoms. The second-order valence-electron chi connectivity index (χ2n) is 6.26. The average molecular weight is 366 g/mol. The number of esters is 1. The van der Waals surface area contributed by atoms with Gasteiger partial charge >= 0.3 is 5.97 Å². The first-order valence-electron chi connectivity index (χ1n) is 9.08. The van der Waals surface area contributed by atoms with Crippen molar-refractivity contribution in [3.8, 4) is 0 Å². The van der Waals surface area contributed by atoms with Gasteiger partial charge in [0, 0.05) is 18.2 Å². The van der Waals surface area contributed by atoms with Gasteiger partial charge in [-0.05, 0) is 19.3 Å². The molecule has 0 saturated carbocycles. The van der Waals surface area contributed by atoms with Crippen molar-refractivity contribution in [3.05, 3.63) is 29.9 Å². The van der Waals surface area contributed by atoms with Gasteiger partial charge in [-0.3, -0.25) is 4.79 Å². The van der Waals surface area contributed by atoms with E-state index < -0.39 is 18.3 Å². The summed E-state index contributed by atoms with van der Waals surface area (Å²) >= 11 is 0. The van der Waals surface area contributed by atoms with E-state index in [0.29, 0.717) is 24.1 Å². The first kappa shape index (κ1) is 22.2. The summed E-state index contributed by atoms with van der Waals surface area (Å²) in [6, 6.07) is 0. The number of carbonyl (C=O) groups is 1. The fraction of sp³-hybridized carbons (Fsp3) is 0.632. The largest absolute Gasteiger partial charge is 0.469 e. The minimum atomic E-state index is -1.09. The molecule has 1 aromatic heterocycles. The van der Waals surface area contributed by atoms with Gasteiger partial charge < -0.3 is 20.1 Å². The number of methoxy groups -OCH3 is 1. The standard InChI is InChI=1S/C19H30N2O5/c1-3-4-5-7-17(24)19-14(12-20-13-21-19)10-11-16(23)15(22)8-6-9-18(25)26-2/h10-13,15-17,22-24H,3-9H2,1-2H3/b11-10+/t15-,16+,17-/m0/s1. The molecule has 7 heteroatoms. The minimum absolute atomic E-state index is 0.199. The fourth-order valence-corrected chi connectivity index (χ4v) is 2.54. The van der Waals surface area contributed by atoms with Crippen LogP contribution < -0.4 is 0 Å². The number of aliphatic hydroxyl groups excluding tert-OH is 3. The van der Waals surface area contributed by atoms with Gasteiger partial charge in [0.1, 0.15) is 6.33 Å². The van der Waals surface area contributed by atoms with E-state index in [0.717, 1.165) is 19.3 Å². The maximum atomic E-state index is 11.1. The maximum absolute atomic E-state index is 11.1. The molecule has 0 aliphatic heterocycles. The molecule has 1 aromatic rings. The highest BCUT2D eigenvalue weighted by molar-refractivity contribution is 5.69. The van der Waals surface area contributed by atoms with Crippen molar-refractivity contribution in [3.63, 3.8) is 0 Å². The summed E-state index contributed by atoms with van der Waals surface area (Å²) in [5.41, 5.74) is 1.12. The van der Waals surface area contributed by atoms with Crippen LogP contribution in [0.2, 0.25) is 0 Å². The second-order valence-corrected chi connectivity index (χ2v) is 6.26. The van der Waals surface area contributed by atoms with Gasteiger partial charge in [0.25, 0.3) is 0 Å². The van der Waals surface area contributed by atoms with E-state index in [9.17, 15) is 20.1 Å². The van der Waals surface area contributed by atoms with Crippen LogP contribution in [0.15, 0.2) is 18.6 Å². The lowest BCUT2D eigenvalue weighted by molar-refractivity contribution is -0.140. The average Bonchev–Trinajstić information content (AvgIpc) is 2.66. The molecule has 146 valence electrons. The van der Waals surface area contributed by atoms with E-state index in [-0.39, 0.29) is 18.8 Å². The van der Waals surface area contributed by atoms with Gasteiger partial charge in [0.05, 0.1) is 31.1 Å². The Balaban J connectivity index is 2.62. The Kier molecular flexibility index (Phi) is 10.7. The van der Waals surface area contributed by atoms with Crippen molar-refractivity contribution in [2.75, 3.05) is 7.11 Å². The molecule has 0 aliphatic rings. The zero-order chi connectivity index (χ0) is 19.4. The number of ether oxygens (including phenoxy) is 1. The van der Waals surface area contributed by atoms with Crippen LogP contribution in [-0.2, 0) is 9.53 Å². The highest BCUT2D eigenvalue weighted by Gasteiger charge is 2.16. The van der Waals surface area contributed by atoms with Gasteiger partial charge in [-0.2, -0.15) is 0 Å². The predicted molar refractivity (Wildman–Crippen MR) is 98.0 cm³/mol. The molecule has 0 unspecified atom stereocenters. The van der Waals surface area contributed by atoms with E-state index >= 15 is 0 Å². The number of aliphatic hydroxyl groups is 3. The lowest BCUT2D eigenvalue weighted by Gasteiger charge is -2.15. The van der Waals surface area contributed by atoms with Crippen LogP contribution in [0, 0.1) is 0 Å². The topological polar surface area (TPSA) is 113 Å². The highest BCUT2D eigenvalue weighted by atomic mass is 16.5. The van der Waals surface area contributed by atoms with Crippen molar-refractivity contribution in [1.29, 1.82) is 0 Å². The Hall–Kier alpha value is -1.83. The first-order chi connectivity index (χ1) is 12.5. The van der Waals surface area contributed by atoms with Gasteiger partial charge in [0.15, 0.2) is 0 Å². The Morgan fingerprint density at radius 3 is 2.69 bits per heavy atom. The van der Waals surface area contributed by atoms with Crippen LogP contribution in [0.4, 0.5) is 0 Å². The summed E-state index contributed by atoms with van der Waals surface area (Å²) in [7, 11) is 1.31. The summed E-state index contributed by atoms with van der Waals surface area (Å²) in [6.07, 6.45) is 7.78. The maximum Gasteiger partial charge on any atom is 0.305 e. The Bertz CT molecular complexity index is 565. The summed E-state index contributed by atoms with van der Waals surface area (Å²) in [6.45, 7) is 2.10. The van der Waals surface area contributed by atoms with E-state index in [4.69, 9.17) is 0 Å². The molecule has 0 aliphatic carbocycles. The SMILES string of the molecule is CCCCC[C@H](O)c1ncncc1/C=C/[C@@H](O)[C@@H](O)CCCC(=O)OC. The number of hydrogen-bond donors (Lipinski definition) is 3. The van der Waals surface area contributed by atoms with Crippen molar-refractivity contribution in [2.24, 2.45) is 0 Å². The molecule has 0 amide bonds. The number of aromatic nitrogens is 2. The van der Waals surface area contributed by atoms with Crippen molar-refractivity contribution < 1.29 is 24.9 Å². The van der Waals surface area contributed by atoms with Crippen molar-refractivity contribution in [1.82, 2.24) is 9.97 Å². The second kappa shape index (κ2) is 12.5. The van der Waals surface area contributed by atoms with Gasteiger partial charge in [-0.15, -0.1) is 0 Å². The third-order valence-corrected chi connectivity index (χ3v) is 4.15. The summed E-state index contributed by atoms with van der Waals surface area (Å²) in [5.74, 6) is -0.342. The molecule has 0 bridgehead atoms. The Morgan fingerprint density at radius 1 is 1.23 bits per heavy atom. The molecular weight excluding hydrogens is 336 g/mol. The molecule has 7 nitrogen and oxygen atoms in total. The third kappa shape index (κ3) is 8.03. The van der Waals surface area contributed by atoms with Crippen LogP contribution in [0.1, 0.15) is 69.2 Å². The zero-order valence-corrected chi connectivity index (χ0v) is 15.5. The monoisotopic (exact) mass is 366 g/mol. The van der Waals surface area contributed by atoms with Crippen molar-refractivity contribution >= 4 is 12.0 Å². The minimum Gasteiger partial charge on any atom is -0.469 e. The molecule has 0 aromatic carbocycles. The smallest absolute Gasteiger partial charge is 0.305 e. The summed E-state index contributed by atoms with van der Waals surface area (Å²) in [4.78, 5) is 19.2. The molecule has 1 rings (SSSR count). The summed E-state index contributed by atoms with van der Waals surface area (Å²) < 4.78 is 4.53. The lowest BCUT2D eigenvalue weighted by atomic mass is 10.0. The van der Waals surface area contributed by atoms with Crippen LogP contribution in [-0.4, -0.2) is 50.6 Å². The number of carbonyl (C=O) groups excluding carboxylic acids is 1. The van der Waals surface area contributed by atoms with Crippen molar-refractivity contribution in [2.45, 2.75) is 70.2 Å². The van der Waals surface area contributed by atoms with Crippen LogP contribution >= 0.6 is 0 Å². The number of rotatable bonds is 12. The zero-order valence-electron chi connectivity index (χ0n) is 15.5. The Morgan fingerprint density at radius 2 is 2.00 bits per heavy atom. The predicted octanol–water partition coefficient (Wildman–Crippen LogP) is 2.17. The quantitative estimate of drug-likeness (QED) is 0.384. The number of nitrogens with zero attached hydrogens (tertiary/aromatic N) is 2. The highest BCUT2D eigenvalue weighted by Crippen LogP contribution is 2.22.